The normalized spacial score (nSPS) is 24.5. The molecule has 3 aromatic rings. The zero-order valence-electron chi connectivity index (χ0n) is 36.8. The van der Waals surface area contributed by atoms with E-state index >= 15 is 0 Å². The summed E-state index contributed by atoms with van der Waals surface area (Å²) in [7, 11) is 4.35. The molecule has 12 rings (SSSR count). The predicted molar refractivity (Wildman–Crippen MR) is 246 cm³/mol. The van der Waals surface area contributed by atoms with E-state index in [4.69, 9.17) is 44.9 Å². The second-order valence-electron chi connectivity index (χ2n) is 18.7. The maximum absolute atomic E-state index is 5.50. The van der Waals surface area contributed by atoms with Crippen LogP contribution in [-0.2, 0) is 5.54 Å². The molecule has 1 N–H and O–H groups in total. The van der Waals surface area contributed by atoms with E-state index in [-0.39, 0.29) is 11.6 Å². The Balaban J connectivity index is 0.956. The standard InChI is InChI=1S/C45H55N19/c1-58-16-20-60(21-17-58)32-9-11-36(46-26-32)53-40-48-24-31-25-49-41-52-30-45(64(41)38(31)54-40)15-7-4-8-35(45)62(37-12-10-33(27-47-37)61-22-18-59(2)19-23-61)42-50-28-34-39(55-42)63-43(57-56-34)51-29-44(63)13-5-3-6-14-44/h9-12,24-28,35H,3-8,13-23,29-30H2,1-2H3,(H,49,52). The number of anilines is 6. The van der Waals surface area contributed by atoms with Gasteiger partial charge in [-0.25, -0.2) is 29.9 Å². The largest absolute Gasteiger partial charge is 0.368 e. The SMILES string of the molecule is CN1CCN(c2ccc(N=c3ncc4cnc5n(c-4n3)C3(CCCCC3N(c3ccc(N4CCN(C)CC4)cn3)c3ncc4c(n3)N3C(=NCC36CCCCC6)N=N4)CN5)nc2)CC1. The Hall–Kier alpha value is -6.21. The van der Waals surface area contributed by atoms with Crippen molar-refractivity contribution in [2.24, 2.45) is 20.2 Å². The fourth-order valence-corrected chi connectivity index (χ4v) is 11.2. The van der Waals surface area contributed by atoms with Crippen molar-refractivity contribution in [3.8, 4) is 11.4 Å². The van der Waals surface area contributed by atoms with Gasteiger partial charge >= 0.3 is 0 Å². The molecule has 19 heteroatoms. The lowest BCUT2D eigenvalue weighted by Crippen LogP contribution is -2.56. The highest BCUT2D eigenvalue weighted by atomic mass is 15.5. The Labute approximate surface area is 372 Å². The van der Waals surface area contributed by atoms with E-state index in [9.17, 15) is 0 Å². The number of guanidine groups is 1. The molecule has 0 radical (unpaired) electrons. The average Bonchev–Trinajstić information content (AvgIpc) is 3.89. The smallest absolute Gasteiger partial charge is 0.253 e. The van der Waals surface area contributed by atoms with Gasteiger partial charge in [0.1, 0.15) is 11.5 Å². The molecule has 0 amide bonds. The Kier molecular flexibility index (Phi) is 9.72. The first-order valence-electron chi connectivity index (χ1n) is 23.2. The van der Waals surface area contributed by atoms with Crippen LogP contribution in [0.15, 0.2) is 75.5 Å². The number of piperazine rings is 2. The second-order valence-corrected chi connectivity index (χ2v) is 18.7. The van der Waals surface area contributed by atoms with E-state index in [1.165, 1.54) is 6.42 Å². The fourth-order valence-electron chi connectivity index (χ4n) is 11.2. The molecular weight excluding hydrogens is 807 g/mol. The Morgan fingerprint density at radius 1 is 0.703 bits per heavy atom. The Morgan fingerprint density at radius 2 is 1.44 bits per heavy atom. The average molecular weight is 862 g/mol. The van der Waals surface area contributed by atoms with E-state index in [1.54, 1.807) is 0 Å². The number of aliphatic imine (C=N–C) groups is 1. The molecule has 0 bridgehead atoms. The number of hydrogen-bond donors (Lipinski definition) is 1. The lowest BCUT2D eigenvalue weighted by molar-refractivity contribution is 0.187. The van der Waals surface area contributed by atoms with Crippen LogP contribution in [0.4, 0.5) is 46.4 Å². The number of fused-ring (bicyclic) bond motifs is 8. The van der Waals surface area contributed by atoms with Crippen LogP contribution in [0, 0.1) is 0 Å². The van der Waals surface area contributed by atoms with Gasteiger partial charge in [0.25, 0.3) is 5.62 Å². The lowest BCUT2D eigenvalue weighted by Gasteiger charge is -2.48. The van der Waals surface area contributed by atoms with Gasteiger partial charge in [-0.05, 0) is 64.0 Å². The summed E-state index contributed by atoms with van der Waals surface area (Å²) in [4.78, 5) is 59.4. The van der Waals surface area contributed by atoms with Crippen molar-refractivity contribution in [1.29, 1.82) is 0 Å². The van der Waals surface area contributed by atoms with E-state index in [2.05, 4.69) is 81.8 Å². The molecule has 4 fully saturated rings. The summed E-state index contributed by atoms with van der Waals surface area (Å²) in [5.74, 6) is 4.90. The van der Waals surface area contributed by atoms with Crippen LogP contribution in [0.2, 0.25) is 0 Å². The number of pyridine rings is 2. The highest BCUT2D eigenvalue weighted by Crippen LogP contribution is 2.50. The van der Waals surface area contributed by atoms with Crippen LogP contribution in [0.1, 0.15) is 57.8 Å². The molecule has 9 aliphatic rings. The molecule has 10 heterocycles. The van der Waals surface area contributed by atoms with Crippen molar-refractivity contribution in [3.63, 3.8) is 0 Å². The highest BCUT2D eigenvalue weighted by molar-refractivity contribution is 6.02. The van der Waals surface area contributed by atoms with Crippen LogP contribution in [-0.4, -0.2) is 146 Å². The first-order chi connectivity index (χ1) is 31.4. The molecule has 2 saturated carbocycles. The summed E-state index contributed by atoms with van der Waals surface area (Å²) in [6, 6.07) is 8.28. The molecule has 64 heavy (non-hydrogen) atoms. The number of hydrogen-bond acceptors (Lipinski definition) is 18. The minimum atomic E-state index is -0.504. The maximum Gasteiger partial charge on any atom is 0.253 e. The highest BCUT2D eigenvalue weighted by Gasteiger charge is 2.53. The molecule has 330 valence electrons. The third-order valence-electron chi connectivity index (χ3n) is 14.8. The van der Waals surface area contributed by atoms with Crippen molar-refractivity contribution >= 4 is 52.4 Å². The first kappa shape index (κ1) is 39.4. The van der Waals surface area contributed by atoms with Crippen LogP contribution in [0.5, 0.6) is 0 Å². The predicted octanol–water partition coefficient (Wildman–Crippen LogP) is 4.97. The molecule has 2 unspecified atom stereocenters. The molecule has 2 atom stereocenters. The van der Waals surface area contributed by atoms with Crippen molar-refractivity contribution in [1.82, 2.24) is 49.3 Å². The Morgan fingerprint density at radius 3 is 2.17 bits per heavy atom. The van der Waals surface area contributed by atoms with E-state index in [0.717, 1.165) is 144 Å². The Bertz CT molecular complexity index is 2620. The first-order valence-corrected chi connectivity index (χ1v) is 23.2. The van der Waals surface area contributed by atoms with Crippen LogP contribution in [0.25, 0.3) is 11.4 Å². The third-order valence-corrected chi connectivity index (χ3v) is 14.8. The van der Waals surface area contributed by atoms with Gasteiger partial charge in [-0.1, -0.05) is 32.1 Å². The van der Waals surface area contributed by atoms with E-state index in [0.29, 0.717) is 42.1 Å². The summed E-state index contributed by atoms with van der Waals surface area (Å²) in [5, 5.41) is 12.9. The maximum atomic E-state index is 5.50. The molecule has 19 nitrogen and oxygen atoms in total. The van der Waals surface area contributed by atoms with Gasteiger partial charge in [0.05, 0.1) is 59.2 Å². The van der Waals surface area contributed by atoms with Crippen molar-refractivity contribution < 1.29 is 0 Å². The van der Waals surface area contributed by atoms with Crippen LogP contribution >= 0.6 is 0 Å². The van der Waals surface area contributed by atoms with Crippen molar-refractivity contribution in [2.45, 2.75) is 74.9 Å². The number of azo groups is 1. The molecule has 7 aliphatic heterocycles. The van der Waals surface area contributed by atoms with Gasteiger partial charge < -0.3 is 24.9 Å². The number of rotatable bonds is 6. The molecule has 0 aromatic carbocycles. The van der Waals surface area contributed by atoms with Gasteiger partial charge in [0, 0.05) is 71.3 Å². The number of nitrogens with one attached hydrogen (secondary N) is 1. The zero-order chi connectivity index (χ0) is 42.8. The number of nitrogens with zero attached hydrogens (tertiary/aromatic N) is 18. The third kappa shape index (κ3) is 6.73. The second kappa shape index (κ2) is 15.8. The number of aromatic nitrogens is 8. The minimum Gasteiger partial charge on any atom is -0.368 e. The summed E-state index contributed by atoms with van der Waals surface area (Å²) in [6.45, 7) is 9.34. The van der Waals surface area contributed by atoms with E-state index < -0.39 is 5.54 Å². The molecular formula is C45H55N19. The van der Waals surface area contributed by atoms with Gasteiger partial charge in [-0.3, -0.25) is 14.4 Å². The molecule has 2 aliphatic carbocycles. The lowest BCUT2D eigenvalue weighted by atomic mass is 9.76. The van der Waals surface area contributed by atoms with Gasteiger partial charge in [-0.15, -0.1) is 10.2 Å². The summed E-state index contributed by atoms with van der Waals surface area (Å²) >= 11 is 0. The topological polar surface area (TPSA) is 176 Å². The zero-order valence-corrected chi connectivity index (χ0v) is 36.8. The monoisotopic (exact) mass is 861 g/mol. The van der Waals surface area contributed by atoms with Gasteiger partial charge in [0.15, 0.2) is 17.5 Å². The van der Waals surface area contributed by atoms with Gasteiger partial charge in [0.2, 0.25) is 17.9 Å². The van der Waals surface area contributed by atoms with Crippen LogP contribution in [0.3, 0.4) is 0 Å². The van der Waals surface area contributed by atoms with Gasteiger partial charge in [-0.2, -0.15) is 15.0 Å². The van der Waals surface area contributed by atoms with Crippen molar-refractivity contribution in [3.05, 3.63) is 60.9 Å². The molecule has 2 saturated heterocycles. The van der Waals surface area contributed by atoms with Crippen molar-refractivity contribution in [2.75, 3.05) is 104 Å². The fraction of sp³-hybridized carbons (Fsp3) is 0.533. The molecule has 3 aromatic heterocycles. The minimum absolute atomic E-state index is 0.132. The van der Waals surface area contributed by atoms with E-state index in [1.807, 2.05) is 37.1 Å². The number of likely N-dealkylation sites (N-methyl/N-ethyl adjacent to an activating group) is 2. The summed E-state index contributed by atoms with van der Waals surface area (Å²) in [5.41, 5.74) is 3.43. The summed E-state index contributed by atoms with van der Waals surface area (Å²) in [6.07, 6.45) is 18.9. The quantitative estimate of drug-likeness (QED) is 0.242. The summed E-state index contributed by atoms with van der Waals surface area (Å²) < 4.78 is 2.32. The van der Waals surface area contributed by atoms with Crippen LogP contribution < -0.4 is 30.5 Å². The molecule has 2 spiro atoms.